The summed E-state index contributed by atoms with van der Waals surface area (Å²) in [4.78, 5) is 28.5. The third-order valence-corrected chi connectivity index (χ3v) is 5.66. The van der Waals surface area contributed by atoms with Gasteiger partial charge in [-0.1, -0.05) is 19.1 Å². The standard InChI is InChI=1S/C25H27FN4O2/c1-2-7-23-28-16-19(18-11-13-27-14-12-18)25(29-23)21-9-5-6-15-30(21)24(31)17-32-22-10-4-3-8-20(22)26/h3-4,8,10-14,16,21H,2,5-7,9,15,17H2,1H3. The number of halogens is 1. The molecule has 0 bridgehead atoms. The lowest BCUT2D eigenvalue weighted by atomic mass is 9.94. The van der Waals surface area contributed by atoms with Crippen LogP contribution in [0.1, 0.15) is 50.2 Å². The van der Waals surface area contributed by atoms with Crippen LogP contribution < -0.4 is 4.74 Å². The highest BCUT2D eigenvalue weighted by Crippen LogP contribution is 2.35. The number of rotatable bonds is 7. The molecular weight excluding hydrogens is 407 g/mol. The van der Waals surface area contributed by atoms with Gasteiger partial charge in [0.25, 0.3) is 5.91 Å². The predicted octanol–water partition coefficient (Wildman–Crippen LogP) is 4.76. The van der Waals surface area contributed by atoms with Gasteiger partial charge in [0.2, 0.25) is 0 Å². The summed E-state index contributed by atoms with van der Waals surface area (Å²) in [6.45, 7) is 2.50. The lowest BCUT2D eigenvalue weighted by Crippen LogP contribution is -2.41. The van der Waals surface area contributed by atoms with E-state index in [1.165, 1.54) is 12.1 Å². The molecule has 7 heteroatoms. The highest BCUT2D eigenvalue weighted by molar-refractivity contribution is 5.79. The van der Waals surface area contributed by atoms with Crippen LogP contribution >= 0.6 is 0 Å². The molecule has 1 amide bonds. The number of hydrogen-bond donors (Lipinski definition) is 0. The number of ether oxygens (including phenoxy) is 1. The number of benzene rings is 1. The van der Waals surface area contributed by atoms with Crippen molar-refractivity contribution in [3.63, 3.8) is 0 Å². The summed E-state index contributed by atoms with van der Waals surface area (Å²) in [7, 11) is 0. The Labute approximate surface area is 187 Å². The van der Waals surface area contributed by atoms with Crippen molar-refractivity contribution in [3.8, 4) is 16.9 Å². The lowest BCUT2D eigenvalue weighted by Gasteiger charge is -2.36. The first kappa shape index (κ1) is 21.9. The summed E-state index contributed by atoms with van der Waals surface area (Å²) >= 11 is 0. The van der Waals surface area contributed by atoms with E-state index in [0.29, 0.717) is 6.54 Å². The molecule has 6 nitrogen and oxygen atoms in total. The molecule has 0 saturated carbocycles. The second-order valence-corrected chi connectivity index (χ2v) is 7.89. The third-order valence-electron chi connectivity index (χ3n) is 5.66. The van der Waals surface area contributed by atoms with Crippen molar-refractivity contribution in [3.05, 3.63) is 72.3 Å². The second-order valence-electron chi connectivity index (χ2n) is 7.89. The summed E-state index contributed by atoms with van der Waals surface area (Å²) in [5, 5.41) is 0. The van der Waals surface area contributed by atoms with Crippen molar-refractivity contribution in [2.24, 2.45) is 0 Å². The van der Waals surface area contributed by atoms with E-state index in [1.807, 2.05) is 23.2 Å². The van der Waals surface area contributed by atoms with E-state index in [4.69, 9.17) is 9.72 Å². The molecule has 1 aromatic carbocycles. The molecule has 0 N–H and O–H groups in total. The maximum Gasteiger partial charge on any atom is 0.261 e. The van der Waals surface area contributed by atoms with Gasteiger partial charge in [0.1, 0.15) is 5.82 Å². The molecule has 1 fully saturated rings. The number of amides is 1. The highest BCUT2D eigenvalue weighted by atomic mass is 19.1. The van der Waals surface area contributed by atoms with Gasteiger partial charge >= 0.3 is 0 Å². The summed E-state index contributed by atoms with van der Waals surface area (Å²) in [6.07, 6.45) is 9.79. The highest BCUT2D eigenvalue weighted by Gasteiger charge is 2.31. The Bertz CT molecular complexity index is 1060. The molecular formula is C25H27FN4O2. The molecule has 166 valence electrons. The fourth-order valence-electron chi connectivity index (χ4n) is 4.08. The molecule has 1 atom stereocenters. The monoisotopic (exact) mass is 434 g/mol. The number of pyridine rings is 1. The summed E-state index contributed by atoms with van der Waals surface area (Å²) in [5.41, 5.74) is 2.74. The Balaban J connectivity index is 1.63. The molecule has 1 saturated heterocycles. The molecule has 4 rings (SSSR count). The first-order valence-corrected chi connectivity index (χ1v) is 11.1. The normalized spacial score (nSPS) is 16.1. The Morgan fingerprint density at radius 1 is 1.19 bits per heavy atom. The van der Waals surface area contributed by atoms with Gasteiger partial charge in [-0.15, -0.1) is 0 Å². The van der Waals surface area contributed by atoms with Crippen LogP contribution in [0.25, 0.3) is 11.1 Å². The number of carbonyl (C=O) groups is 1. The van der Waals surface area contributed by atoms with Gasteiger partial charge in [-0.2, -0.15) is 0 Å². The zero-order valence-corrected chi connectivity index (χ0v) is 18.2. The van der Waals surface area contributed by atoms with Crippen LogP contribution in [-0.2, 0) is 11.2 Å². The predicted molar refractivity (Wildman–Crippen MR) is 119 cm³/mol. The second kappa shape index (κ2) is 10.3. The van der Waals surface area contributed by atoms with E-state index >= 15 is 0 Å². The number of likely N-dealkylation sites (tertiary alicyclic amines) is 1. The first-order valence-electron chi connectivity index (χ1n) is 11.1. The van der Waals surface area contributed by atoms with Crippen LogP contribution in [0.5, 0.6) is 5.75 Å². The van der Waals surface area contributed by atoms with Crippen molar-refractivity contribution < 1.29 is 13.9 Å². The number of hydrogen-bond acceptors (Lipinski definition) is 5. The average molecular weight is 435 g/mol. The van der Waals surface area contributed by atoms with Crippen LogP contribution in [0, 0.1) is 5.82 Å². The molecule has 0 radical (unpaired) electrons. The Morgan fingerprint density at radius 2 is 2.00 bits per heavy atom. The molecule has 0 aliphatic carbocycles. The van der Waals surface area contributed by atoms with Crippen molar-refractivity contribution in [2.75, 3.05) is 13.2 Å². The molecule has 1 unspecified atom stereocenters. The first-order chi connectivity index (χ1) is 15.7. The fraction of sp³-hybridized carbons (Fsp3) is 0.360. The van der Waals surface area contributed by atoms with Gasteiger partial charge in [0.05, 0.1) is 11.7 Å². The topological polar surface area (TPSA) is 68.2 Å². The SMILES string of the molecule is CCCc1ncc(-c2ccncc2)c(C2CCCCN2C(=O)COc2ccccc2F)n1. The zero-order chi connectivity index (χ0) is 22.3. The minimum atomic E-state index is -0.476. The number of carbonyl (C=O) groups excluding carboxylic acids is 1. The van der Waals surface area contributed by atoms with Crippen LogP contribution in [-0.4, -0.2) is 38.9 Å². The van der Waals surface area contributed by atoms with Gasteiger partial charge in [-0.05, 0) is 55.5 Å². The van der Waals surface area contributed by atoms with E-state index in [0.717, 1.165) is 54.7 Å². The minimum absolute atomic E-state index is 0.0825. The molecule has 32 heavy (non-hydrogen) atoms. The number of nitrogens with zero attached hydrogens (tertiary/aromatic N) is 4. The summed E-state index contributed by atoms with van der Waals surface area (Å²) in [5.74, 6) is 0.213. The van der Waals surface area contributed by atoms with E-state index in [1.54, 1.807) is 24.5 Å². The fourth-order valence-corrected chi connectivity index (χ4v) is 4.08. The van der Waals surface area contributed by atoms with E-state index < -0.39 is 5.82 Å². The molecule has 1 aliphatic rings. The van der Waals surface area contributed by atoms with E-state index in [-0.39, 0.29) is 24.3 Å². The Hall–Kier alpha value is -3.35. The summed E-state index contributed by atoms with van der Waals surface area (Å²) < 4.78 is 19.4. The lowest BCUT2D eigenvalue weighted by molar-refractivity contribution is -0.137. The molecule has 1 aliphatic heterocycles. The Morgan fingerprint density at radius 3 is 2.78 bits per heavy atom. The van der Waals surface area contributed by atoms with Crippen molar-refractivity contribution in [2.45, 2.75) is 45.1 Å². The summed E-state index contributed by atoms with van der Waals surface area (Å²) in [6, 6.07) is 9.80. The van der Waals surface area contributed by atoms with Crippen LogP contribution in [0.15, 0.2) is 55.0 Å². The minimum Gasteiger partial charge on any atom is -0.481 e. The smallest absolute Gasteiger partial charge is 0.261 e. The quantitative estimate of drug-likeness (QED) is 0.536. The van der Waals surface area contributed by atoms with E-state index in [9.17, 15) is 9.18 Å². The van der Waals surface area contributed by atoms with Gasteiger partial charge in [-0.25, -0.2) is 14.4 Å². The maximum atomic E-state index is 13.9. The van der Waals surface area contributed by atoms with Crippen molar-refractivity contribution in [1.82, 2.24) is 19.9 Å². The van der Waals surface area contributed by atoms with Crippen molar-refractivity contribution >= 4 is 5.91 Å². The number of piperidine rings is 1. The number of aryl methyl sites for hydroxylation is 1. The van der Waals surface area contributed by atoms with Crippen LogP contribution in [0.4, 0.5) is 4.39 Å². The number of aromatic nitrogens is 3. The molecule has 3 aromatic rings. The van der Waals surface area contributed by atoms with Gasteiger partial charge in [0.15, 0.2) is 18.2 Å². The zero-order valence-electron chi connectivity index (χ0n) is 18.2. The van der Waals surface area contributed by atoms with Gasteiger partial charge in [-0.3, -0.25) is 9.78 Å². The maximum absolute atomic E-state index is 13.9. The van der Waals surface area contributed by atoms with Crippen molar-refractivity contribution in [1.29, 1.82) is 0 Å². The van der Waals surface area contributed by atoms with Crippen LogP contribution in [0.3, 0.4) is 0 Å². The third kappa shape index (κ3) is 4.93. The van der Waals surface area contributed by atoms with Gasteiger partial charge < -0.3 is 9.64 Å². The molecule has 0 spiro atoms. The molecule has 3 heterocycles. The number of para-hydroxylation sites is 1. The van der Waals surface area contributed by atoms with Crippen LogP contribution in [0.2, 0.25) is 0 Å². The largest absolute Gasteiger partial charge is 0.481 e. The van der Waals surface area contributed by atoms with Gasteiger partial charge in [0, 0.05) is 37.1 Å². The molecule has 2 aromatic heterocycles. The van der Waals surface area contributed by atoms with E-state index in [2.05, 4.69) is 16.9 Å². The average Bonchev–Trinajstić information content (AvgIpc) is 2.84. The Kier molecular flexibility index (Phi) is 7.04.